The van der Waals surface area contributed by atoms with Gasteiger partial charge in [-0.1, -0.05) is 36.8 Å². The Labute approximate surface area is 112 Å². The molecule has 5 heteroatoms. The molecule has 1 aromatic carbocycles. The van der Waals surface area contributed by atoms with Crippen molar-refractivity contribution in [3.8, 4) is 0 Å². The molecule has 0 unspecified atom stereocenters. The Hall–Kier alpha value is -2.04. The van der Waals surface area contributed by atoms with Gasteiger partial charge < -0.3 is 15.8 Å². The maximum Gasteiger partial charge on any atom is 0.407 e. The predicted molar refractivity (Wildman–Crippen MR) is 70.1 cm³/mol. The summed E-state index contributed by atoms with van der Waals surface area (Å²) in [4.78, 5) is 22.9. The topological polar surface area (TPSA) is 81.4 Å². The van der Waals surface area contributed by atoms with Crippen LogP contribution < -0.4 is 11.1 Å². The van der Waals surface area contributed by atoms with Crippen LogP contribution in [0.25, 0.3) is 0 Å². The summed E-state index contributed by atoms with van der Waals surface area (Å²) >= 11 is 0. The first-order valence-electron chi connectivity index (χ1n) is 6.43. The number of nitrogens with one attached hydrogen (secondary N) is 1. The highest BCUT2D eigenvalue weighted by atomic mass is 16.5. The van der Waals surface area contributed by atoms with E-state index in [1.54, 1.807) is 0 Å². The van der Waals surface area contributed by atoms with Gasteiger partial charge in [0.05, 0.1) is 5.92 Å². The maximum atomic E-state index is 11.7. The van der Waals surface area contributed by atoms with Gasteiger partial charge in [-0.15, -0.1) is 0 Å². The van der Waals surface area contributed by atoms with Gasteiger partial charge in [0.2, 0.25) is 5.91 Å². The van der Waals surface area contributed by atoms with Crippen LogP contribution in [-0.2, 0) is 16.1 Å². The van der Waals surface area contributed by atoms with Crippen molar-refractivity contribution in [1.29, 1.82) is 0 Å². The lowest BCUT2D eigenvalue weighted by Gasteiger charge is -2.18. The molecule has 1 saturated carbocycles. The second-order valence-corrected chi connectivity index (χ2v) is 4.75. The number of hydrogen-bond acceptors (Lipinski definition) is 3. The summed E-state index contributed by atoms with van der Waals surface area (Å²) in [5.74, 6) is -0.630. The van der Waals surface area contributed by atoms with Crippen molar-refractivity contribution in [3.63, 3.8) is 0 Å². The molecule has 1 fully saturated rings. The highest BCUT2D eigenvalue weighted by Crippen LogP contribution is 2.25. The second-order valence-electron chi connectivity index (χ2n) is 4.75. The molecule has 2 atom stereocenters. The Balaban J connectivity index is 1.80. The lowest BCUT2D eigenvalue weighted by Crippen LogP contribution is -2.42. The summed E-state index contributed by atoms with van der Waals surface area (Å²) in [7, 11) is 0. The molecule has 2 amide bonds. The van der Waals surface area contributed by atoms with Crippen molar-refractivity contribution in [2.45, 2.75) is 31.9 Å². The predicted octanol–water partition coefficient (Wildman–Crippen LogP) is 1.57. The first kappa shape index (κ1) is 13.4. The Morgan fingerprint density at radius 2 is 2.00 bits per heavy atom. The monoisotopic (exact) mass is 262 g/mol. The largest absolute Gasteiger partial charge is 0.445 e. The van der Waals surface area contributed by atoms with Crippen LogP contribution in [0.3, 0.4) is 0 Å². The Bertz CT molecular complexity index is 447. The van der Waals surface area contributed by atoms with Gasteiger partial charge in [-0.25, -0.2) is 4.79 Å². The van der Waals surface area contributed by atoms with Gasteiger partial charge in [-0.3, -0.25) is 4.79 Å². The number of alkyl carbamates (subject to hydrolysis) is 1. The molecule has 102 valence electrons. The molecule has 0 spiro atoms. The van der Waals surface area contributed by atoms with Crippen molar-refractivity contribution >= 4 is 12.0 Å². The molecule has 1 aliphatic rings. The number of primary amides is 1. The number of carbonyl (C=O) groups is 2. The van der Waals surface area contributed by atoms with Crippen LogP contribution in [0.4, 0.5) is 4.79 Å². The zero-order valence-electron chi connectivity index (χ0n) is 10.7. The SMILES string of the molecule is NC(=O)[C@@H]1CCC[C@H]1NC(=O)OCc1ccccc1. The molecule has 0 radical (unpaired) electrons. The molecular weight excluding hydrogens is 244 g/mol. The third-order valence-corrected chi connectivity index (χ3v) is 3.40. The fourth-order valence-electron chi connectivity index (χ4n) is 2.39. The minimum Gasteiger partial charge on any atom is -0.445 e. The Morgan fingerprint density at radius 1 is 1.26 bits per heavy atom. The third kappa shape index (κ3) is 3.71. The first-order chi connectivity index (χ1) is 9.16. The molecule has 0 heterocycles. The number of carbonyl (C=O) groups excluding carboxylic acids is 2. The zero-order valence-corrected chi connectivity index (χ0v) is 10.7. The van der Waals surface area contributed by atoms with E-state index >= 15 is 0 Å². The Kier molecular flexibility index (Phi) is 4.39. The van der Waals surface area contributed by atoms with Crippen molar-refractivity contribution in [2.75, 3.05) is 0 Å². The lowest BCUT2D eigenvalue weighted by atomic mass is 10.0. The summed E-state index contributed by atoms with van der Waals surface area (Å²) in [6.45, 7) is 0.223. The molecule has 19 heavy (non-hydrogen) atoms. The van der Waals surface area contributed by atoms with Crippen molar-refractivity contribution < 1.29 is 14.3 Å². The molecule has 1 aromatic rings. The number of ether oxygens (including phenoxy) is 1. The fourth-order valence-corrected chi connectivity index (χ4v) is 2.39. The third-order valence-electron chi connectivity index (χ3n) is 3.40. The summed E-state index contributed by atoms with van der Waals surface area (Å²) < 4.78 is 5.12. The number of amides is 2. The normalized spacial score (nSPS) is 21.9. The van der Waals surface area contributed by atoms with Gasteiger partial charge in [0.25, 0.3) is 0 Å². The van der Waals surface area contributed by atoms with Crippen LogP contribution in [0.2, 0.25) is 0 Å². The molecule has 2 rings (SSSR count). The standard InChI is InChI=1S/C14H18N2O3/c15-13(17)11-7-4-8-12(11)16-14(18)19-9-10-5-2-1-3-6-10/h1-3,5-6,11-12H,4,7-9H2,(H2,15,17)(H,16,18)/t11-,12-/m1/s1. The molecule has 3 N–H and O–H groups in total. The molecule has 0 bridgehead atoms. The lowest BCUT2D eigenvalue weighted by molar-refractivity contribution is -0.122. The molecule has 0 saturated heterocycles. The maximum absolute atomic E-state index is 11.7. The zero-order chi connectivity index (χ0) is 13.7. The van der Waals surface area contributed by atoms with Gasteiger partial charge in [0.15, 0.2) is 0 Å². The van der Waals surface area contributed by atoms with Gasteiger partial charge >= 0.3 is 6.09 Å². The Morgan fingerprint density at radius 3 is 2.68 bits per heavy atom. The van der Waals surface area contributed by atoms with Crippen LogP contribution in [0.5, 0.6) is 0 Å². The van der Waals surface area contributed by atoms with E-state index < -0.39 is 6.09 Å². The number of rotatable bonds is 4. The average molecular weight is 262 g/mol. The van der Waals surface area contributed by atoms with Crippen LogP contribution in [0.15, 0.2) is 30.3 Å². The van der Waals surface area contributed by atoms with E-state index in [4.69, 9.17) is 10.5 Å². The van der Waals surface area contributed by atoms with E-state index in [1.807, 2.05) is 30.3 Å². The second kappa shape index (κ2) is 6.22. The van der Waals surface area contributed by atoms with Crippen molar-refractivity contribution in [3.05, 3.63) is 35.9 Å². The van der Waals surface area contributed by atoms with E-state index in [1.165, 1.54) is 0 Å². The van der Waals surface area contributed by atoms with Crippen LogP contribution in [0.1, 0.15) is 24.8 Å². The van der Waals surface area contributed by atoms with E-state index in [0.29, 0.717) is 0 Å². The van der Waals surface area contributed by atoms with Gasteiger partial charge in [-0.2, -0.15) is 0 Å². The van der Waals surface area contributed by atoms with Crippen LogP contribution in [0, 0.1) is 5.92 Å². The van der Waals surface area contributed by atoms with E-state index in [0.717, 1.165) is 24.8 Å². The summed E-state index contributed by atoms with van der Waals surface area (Å²) in [5, 5.41) is 2.72. The van der Waals surface area contributed by atoms with E-state index in [-0.39, 0.29) is 24.5 Å². The minimum atomic E-state index is -0.498. The highest BCUT2D eigenvalue weighted by Gasteiger charge is 2.32. The highest BCUT2D eigenvalue weighted by molar-refractivity contribution is 5.79. The number of nitrogens with two attached hydrogens (primary N) is 1. The van der Waals surface area contributed by atoms with E-state index in [2.05, 4.69) is 5.32 Å². The number of benzene rings is 1. The van der Waals surface area contributed by atoms with Gasteiger partial charge in [0.1, 0.15) is 6.61 Å². The molecule has 0 aliphatic heterocycles. The summed E-state index contributed by atoms with van der Waals surface area (Å²) in [5.41, 5.74) is 6.22. The van der Waals surface area contributed by atoms with Gasteiger partial charge in [-0.05, 0) is 18.4 Å². The number of hydrogen-bond donors (Lipinski definition) is 2. The summed E-state index contributed by atoms with van der Waals surface area (Å²) in [6, 6.07) is 9.25. The minimum absolute atomic E-state index is 0.194. The quantitative estimate of drug-likeness (QED) is 0.864. The first-order valence-corrected chi connectivity index (χ1v) is 6.43. The van der Waals surface area contributed by atoms with Crippen molar-refractivity contribution in [1.82, 2.24) is 5.32 Å². The summed E-state index contributed by atoms with van der Waals surface area (Å²) in [6.07, 6.45) is 1.91. The average Bonchev–Trinajstić information content (AvgIpc) is 2.86. The molecular formula is C14H18N2O3. The molecule has 0 aromatic heterocycles. The fraction of sp³-hybridized carbons (Fsp3) is 0.429. The van der Waals surface area contributed by atoms with Gasteiger partial charge in [0, 0.05) is 6.04 Å². The van der Waals surface area contributed by atoms with E-state index in [9.17, 15) is 9.59 Å². The van der Waals surface area contributed by atoms with Crippen LogP contribution >= 0.6 is 0 Å². The smallest absolute Gasteiger partial charge is 0.407 e. The van der Waals surface area contributed by atoms with Crippen LogP contribution in [-0.4, -0.2) is 18.0 Å². The molecule has 5 nitrogen and oxygen atoms in total. The van der Waals surface area contributed by atoms with Crippen molar-refractivity contribution in [2.24, 2.45) is 11.7 Å². The molecule has 1 aliphatic carbocycles.